The summed E-state index contributed by atoms with van der Waals surface area (Å²) in [5, 5.41) is 7.70. The van der Waals surface area contributed by atoms with Gasteiger partial charge >= 0.3 is 0 Å². The molecule has 3 nitrogen and oxygen atoms in total. The first kappa shape index (κ1) is 12.5. The molecule has 0 aliphatic rings. The number of ether oxygens (including phenoxy) is 1. The number of rotatable bonds is 3. The first-order chi connectivity index (χ1) is 8.19. The third-order valence-electron chi connectivity index (χ3n) is 1.97. The largest absolute Gasteiger partial charge is 0.454 e. The van der Waals surface area contributed by atoms with Crippen LogP contribution in [-0.4, -0.2) is 16.5 Å². The summed E-state index contributed by atoms with van der Waals surface area (Å²) < 4.78 is 5.56. The van der Waals surface area contributed by atoms with Gasteiger partial charge in [-0.2, -0.15) is 0 Å². The quantitative estimate of drug-likeness (QED) is 0.788. The Labute approximate surface area is 113 Å². The van der Waals surface area contributed by atoms with Gasteiger partial charge in [0.25, 0.3) is 0 Å². The van der Waals surface area contributed by atoms with Crippen LogP contribution in [0.15, 0.2) is 35.2 Å². The smallest absolute Gasteiger partial charge is 0.194 e. The van der Waals surface area contributed by atoms with Crippen LogP contribution in [0.4, 0.5) is 0 Å². The summed E-state index contributed by atoms with van der Waals surface area (Å²) in [4.78, 5) is 1.16. The number of aromatic nitrogens is 2. The minimum atomic E-state index is 0.184. The van der Waals surface area contributed by atoms with Crippen LogP contribution in [0.3, 0.4) is 0 Å². The van der Waals surface area contributed by atoms with E-state index in [2.05, 4.69) is 10.2 Å². The van der Waals surface area contributed by atoms with E-state index in [1.165, 1.54) is 6.07 Å². The third-order valence-corrected chi connectivity index (χ3v) is 3.16. The molecule has 6 heteroatoms. The molecule has 2 aromatic rings. The highest BCUT2D eigenvalue weighted by Gasteiger charge is 2.06. The van der Waals surface area contributed by atoms with Crippen molar-refractivity contribution in [3.05, 3.63) is 40.6 Å². The van der Waals surface area contributed by atoms with Gasteiger partial charge in [0.15, 0.2) is 16.1 Å². The average Bonchev–Trinajstić information content (AvgIpc) is 2.35. The SMILES string of the molecule is CSc1ccc(Oc2cc(Cl)nnc2Cl)cc1. The second kappa shape index (κ2) is 5.58. The van der Waals surface area contributed by atoms with E-state index < -0.39 is 0 Å². The zero-order valence-corrected chi connectivity index (χ0v) is 11.2. The number of nitrogens with zero attached hydrogens (tertiary/aromatic N) is 2. The Morgan fingerprint density at radius 3 is 2.47 bits per heavy atom. The minimum Gasteiger partial charge on any atom is -0.454 e. The number of hydrogen-bond donors (Lipinski definition) is 0. The molecule has 0 fully saturated rings. The molecule has 88 valence electrons. The van der Waals surface area contributed by atoms with E-state index in [4.69, 9.17) is 27.9 Å². The number of hydrogen-bond acceptors (Lipinski definition) is 4. The predicted molar refractivity (Wildman–Crippen MR) is 70.3 cm³/mol. The van der Waals surface area contributed by atoms with E-state index in [0.717, 1.165) is 4.90 Å². The van der Waals surface area contributed by atoms with Gasteiger partial charge < -0.3 is 4.74 Å². The Bertz CT molecular complexity index is 519. The lowest BCUT2D eigenvalue weighted by Crippen LogP contribution is -1.90. The van der Waals surface area contributed by atoms with Crippen LogP contribution in [0.25, 0.3) is 0 Å². The molecule has 1 aromatic heterocycles. The fourth-order valence-corrected chi connectivity index (χ4v) is 1.86. The van der Waals surface area contributed by atoms with E-state index in [0.29, 0.717) is 11.5 Å². The van der Waals surface area contributed by atoms with Crippen molar-refractivity contribution in [3.63, 3.8) is 0 Å². The maximum atomic E-state index is 5.84. The predicted octanol–water partition coefficient (Wildman–Crippen LogP) is 4.30. The summed E-state index contributed by atoms with van der Waals surface area (Å²) in [6.45, 7) is 0. The maximum Gasteiger partial charge on any atom is 0.194 e. The highest BCUT2D eigenvalue weighted by molar-refractivity contribution is 7.98. The Balaban J connectivity index is 2.22. The Kier molecular flexibility index (Phi) is 4.10. The molecule has 0 spiro atoms. The maximum absolute atomic E-state index is 5.84. The van der Waals surface area contributed by atoms with E-state index >= 15 is 0 Å². The van der Waals surface area contributed by atoms with Gasteiger partial charge in [-0.3, -0.25) is 0 Å². The Morgan fingerprint density at radius 2 is 1.82 bits per heavy atom. The van der Waals surface area contributed by atoms with Crippen LogP contribution in [0.1, 0.15) is 0 Å². The topological polar surface area (TPSA) is 35.0 Å². The molecular formula is C11H8Cl2N2OS. The van der Waals surface area contributed by atoms with Gasteiger partial charge in [0.05, 0.1) is 0 Å². The molecule has 1 aromatic carbocycles. The lowest BCUT2D eigenvalue weighted by Gasteiger charge is -2.06. The Morgan fingerprint density at radius 1 is 1.12 bits per heavy atom. The highest BCUT2D eigenvalue weighted by atomic mass is 35.5. The average molecular weight is 287 g/mol. The van der Waals surface area contributed by atoms with Crippen molar-refractivity contribution in [2.24, 2.45) is 0 Å². The van der Waals surface area contributed by atoms with Crippen LogP contribution < -0.4 is 4.74 Å². The molecule has 1 heterocycles. The van der Waals surface area contributed by atoms with Gasteiger partial charge in [-0.25, -0.2) is 0 Å². The molecule has 0 saturated carbocycles. The minimum absolute atomic E-state index is 0.184. The Hall–Kier alpha value is -0.970. The van der Waals surface area contributed by atoms with Crippen molar-refractivity contribution in [2.45, 2.75) is 4.90 Å². The molecule has 0 saturated heterocycles. The molecule has 0 aliphatic carbocycles. The van der Waals surface area contributed by atoms with E-state index in [-0.39, 0.29) is 10.3 Å². The van der Waals surface area contributed by atoms with E-state index in [1.54, 1.807) is 11.8 Å². The standard InChI is InChI=1S/C11H8Cl2N2OS/c1-17-8-4-2-7(3-5-8)16-9-6-10(12)14-15-11(9)13/h2-6H,1H3. The molecule has 0 aliphatic heterocycles. The summed E-state index contributed by atoms with van der Waals surface area (Å²) in [5.41, 5.74) is 0. The fraction of sp³-hybridized carbons (Fsp3) is 0.0909. The highest BCUT2D eigenvalue weighted by Crippen LogP contribution is 2.29. The summed E-state index contributed by atoms with van der Waals surface area (Å²) in [6, 6.07) is 9.17. The van der Waals surface area contributed by atoms with Crippen molar-refractivity contribution >= 4 is 35.0 Å². The molecule has 0 atom stereocenters. The van der Waals surface area contributed by atoms with Crippen LogP contribution >= 0.6 is 35.0 Å². The van der Waals surface area contributed by atoms with Crippen molar-refractivity contribution in [3.8, 4) is 11.5 Å². The first-order valence-corrected chi connectivity index (χ1v) is 6.68. The van der Waals surface area contributed by atoms with Gasteiger partial charge in [0.1, 0.15) is 5.75 Å². The third kappa shape index (κ3) is 3.25. The summed E-state index contributed by atoms with van der Waals surface area (Å²) >= 11 is 13.2. The second-order valence-electron chi connectivity index (χ2n) is 3.10. The molecule has 0 N–H and O–H groups in total. The zero-order valence-electron chi connectivity index (χ0n) is 8.85. The fourth-order valence-electron chi connectivity index (χ4n) is 1.18. The lowest BCUT2D eigenvalue weighted by atomic mass is 10.3. The molecule has 17 heavy (non-hydrogen) atoms. The van der Waals surface area contributed by atoms with Crippen molar-refractivity contribution < 1.29 is 4.74 Å². The monoisotopic (exact) mass is 286 g/mol. The van der Waals surface area contributed by atoms with Crippen LogP contribution in [0.5, 0.6) is 11.5 Å². The molecule has 2 rings (SSSR count). The van der Waals surface area contributed by atoms with Crippen molar-refractivity contribution in [2.75, 3.05) is 6.26 Å². The summed E-state index contributed by atoms with van der Waals surface area (Å²) in [6.07, 6.45) is 2.01. The van der Waals surface area contributed by atoms with Crippen molar-refractivity contribution in [1.29, 1.82) is 0 Å². The van der Waals surface area contributed by atoms with Crippen molar-refractivity contribution in [1.82, 2.24) is 10.2 Å². The molecule has 0 unspecified atom stereocenters. The lowest BCUT2D eigenvalue weighted by molar-refractivity contribution is 0.478. The molecule has 0 radical (unpaired) electrons. The summed E-state index contributed by atoms with van der Waals surface area (Å²) in [7, 11) is 0. The van der Waals surface area contributed by atoms with Gasteiger partial charge in [-0.05, 0) is 30.5 Å². The number of benzene rings is 1. The van der Waals surface area contributed by atoms with Gasteiger partial charge in [0.2, 0.25) is 0 Å². The molecular weight excluding hydrogens is 279 g/mol. The second-order valence-corrected chi connectivity index (χ2v) is 4.72. The van der Waals surface area contributed by atoms with E-state index in [1.807, 2.05) is 30.5 Å². The molecule has 0 bridgehead atoms. The van der Waals surface area contributed by atoms with Crippen LogP contribution in [0, 0.1) is 0 Å². The first-order valence-electron chi connectivity index (χ1n) is 4.69. The van der Waals surface area contributed by atoms with Gasteiger partial charge in [0, 0.05) is 11.0 Å². The normalized spacial score (nSPS) is 10.3. The van der Waals surface area contributed by atoms with Crippen LogP contribution in [0.2, 0.25) is 10.3 Å². The zero-order chi connectivity index (χ0) is 12.3. The van der Waals surface area contributed by atoms with E-state index in [9.17, 15) is 0 Å². The number of thioether (sulfide) groups is 1. The number of halogens is 2. The van der Waals surface area contributed by atoms with Crippen LogP contribution in [-0.2, 0) is 0 Å². The summed E-state index contributed by atoms with van der Waals surface area (Å²) in [5.74, 6) is 1.07. The van der Waals surface area contributed by atoms with Gasteiger partial charge in [-0.15, -0.1) is 22.0 Å². The van der Waals surface area contributed by atoms with Gasteiger partial charge in [-0.1, -0.05) is 23.2 Å². The molecule has 0 amide bonds.